The molecule has 95 heavy (non-hydrogen) atoms. The number of carboxylic acids is 1. The number of likely N-dealkylation sites (tertiary alicyclic amines) is 2. The average molecular weight is 1350 g/mol. The van der Waals surface area contributed by atoms with Crippen LogP contribution in [-0.2, 0) is 80.0 Å². The van der Waals surface area contributed by atoms with Crippen LogP contribution in [0.25, 0.3) is 0 Å². The molecule has 4 rings (SSSR count). The van der Waals surface area contributed by atoms with Crippen molar-refractivity contribution in [1.29, 1.82) is 0 Å². The number of carbonyl (C=O) groups excluding carboxylic acids is 13. The van der Waals surface area contributed by atoms with Crippen LogP contribution in [0.15, 0.2) is 48.5 Å². The van der Waals surface area contributed by atoms with Crippen LogP contribution in [0.5, 0.6) is 11.5 Å². The largest absolute Gasteiger partial charge is 0.508 e. The minimum absolute atomic E-state index is 0.00614. The second kappa shape index (κ2) is 38.5. The molecule has 2 aliphatic rings. The number of benzene rings is 2. The molecule has 0 aromatic heterocycles. The molecule has 0 spiro atoms. The third-order valence-electron chi connectivity index (χ3n) is 16.9. The van der Waals surface area contributed by atoms with Gasteiger partial charge in [-0.1, -0.05) is 52.0 Å². The van der Waals surface area contributed by atoms with Crippen LogP contribution in [0, 0.1) is 35.5 Å². The minimum Gasteiger partial charge on any atom is -0.508 e. The van der Waals surface area contributed by atoms with E-state index in [1.54, 1.807) is 19.1 Å². The molecule has 0 bridgehead atoms. The summed E-state index contributed by atoms with van der Waals surface area (Å²) in [4.78, 5) is 194. The summed E-state index contributed by atoms with van der Waals surface area (Å²) in [6, 6.07) is 3.76. The van der Waals surface area contributed by atoms with Crippen molar-refractivity contribution in [2.24, 2.45) is 58.4 Å². The summed E-state index contributed by atoms with van der Waals surface area (Å²) in [6.07, 6.45) is -2.90. The molecular weight excluding hydrogens is 1250 g/mol. The van der Waals surface area contributed by atoms with Crippen LogP contribution in [-0.4, -0.2) is 187 Å². The van der Waals surface area contributed by atoms with Crippen molar-refractivity contribution in [3.05, 3.63) is 59.7 Å². The number of amides is 8. The highest BCUT2D eigenvalue weighted by Crippen LogP contribution is 2.29. The normalized spacial score (nSPS) is 17.3. The fraction of sp³-hybridized carbons (Fsp3) is 0.585. The number of phenolic OH excluding ortho intramolecular Hbond substituents is 2. The molecule has 0 aliphatic carbocycles. The number of hydrogen-bond donors (Lipinski definition) is 14. The van der Waals surface area contributed by atoms with E-state index in [1.807, 2.05) is 13.8 Å². The van der Waals surface area contributed by atoms with Crippen molar-refractivity contribution in [2.75, 3.05) is 32.0 Å². The number of aliphatic hydroxyl groups excluding tert-OH is 1. The molecule has 0 radical (unpaired) electrons. The van der Waals surface area contributed by atoms with Gasteiger partial charge in [0.25, 0.3) is 0 Å². The first-order chi connectivity index (χ1) is 44.8. The lowest BCUT2D eigenvalue weighted by Gasteiger charge is -2.33. The number of nitrogens with two attached hydrogens (primary N) is 4. The van der Waals surface area contributed by atoms with Crippen LogP contribution in [0.1, 0.15) is 135 Å². The molecule has 2 saturated heterocycles. The number of thiol groups is 1. The number of primary amides is 2. The standard InChI is InChI=1S/C65H93N11O18S/c1-35(2)24-36(3)52(81)28-40(26-38-11-15-43(78)16-12-38)61(91)72-45(8-5-21-70-65(68)69)53(82)25-37(4)60(90)73-47(31-56(66)85)51(80)19-20-57(86)71-48(32-58(87)88)63(93)76-23-7-10-50(76)64(94)75-22-6-9-49(75)55(84)30-42(34-95)62(92)74-46(27-39-13-17-44(79)18-14-39)54(83)29-41(33-77)59(67)89/h11-18,35-37,40-42,45-50,77-79,95H,5-10,19-34H2,1-4H3,(H2,66,85)(H2,67,89)(H,71,86)(H,72,91)(H,73,90)(H,74,92)(H,87,88)(H4,68,69,70)/p+1/t36-,37+,40+,41-,42-,45-,46-,47-,48-,49-,50-/m0/s1. The van der Waals surface area contributed by atoms with Crippen LogP contribution in [0.2, 0.25) is 0 Å². The SMILES string of the molecule is CC(C)C[C@H](C)C(=O)C[C@@H](Cc1ccc(O)cc1)C(=O)N[C@@H](CCC[NH+]=C(N)N)C(=O)C[C@@H](C)C(=O)N[C@@H](CC(N)=O)C(=O)CCC(=O)N[C@@H](CC(=O)O)C(=O)N1CCC[C@H]1C(=O)N1CCC[C@H]1C(=O)C[C@@H](CS)C(=O)N[C@@H](Cc1ccc(O)cc1)C(=O)C[C@@H](CO)C(N)=O. The molecule has 17 N–H and O–H groups in total. The number of ketones is 5. The van der Waals surface area contributed by atoms with Gasteiger partial charge in [0.1, 0.15) is 29.4 Å². The van der Waals surface area contributed by atoms with Crippen molar-refractivity contribution < 1.29 is 92.5 Å². The van der Waals surface area contributed by atoms with Gasteiger partial charge in [0.05, 0.1) is 62.0 Å². The fourth-order valence-corrected chi connectivity index (χ4v) is 11.9. The van der Waals surface area contributed by atoms with Gasteiger partial charge in [-0.25, -0.2) is 0 Å². The van der Waals surface area contributed by atoms with E-state index < -0.39 is 188 Å². The number of hydrogen-bond acceptors (Lipinski definition) is 18. The van der Waals surface area contributed by atoms with Crippen molar-refractivity contribution in [3.8, 4) is 11.5 Å². The number of phenols is 2. The quantitative estimate of drug-likeness (QED) is 0.0149. The maximum atomic E-state index is 14.4. The molecule has 2 heterocycles. The molecule has 0 unspecified atom stereocenters. The lowest BCUT2D eigenvalue weighted by Crippen LogP contribution is -2.78. The van der Waals surface area contributed by atoms with Gasteiger partial charge >= 0.3 is 11.9 Å². The van der Waals surface area contributed by atoms with E-state index in [2.05, 4.69) is 38.9 Å². The molecule has 11 atom stereocenters. The number of nitrogens with one attached hydrogen (secondary N) is 5. The van der Waals surface area contributed by atoms with Gasteiger partial charge in [-0.15, -0.1) is 0 Å². The van der Waals surface area contributed by atoms with Gasteiger partial charge in [0.2, 0.25) is 47.3 Å². The Kier molecular flexibility index (Phi) is 31.9. The topological polar surface area (TPSA) is 493 Å². The van der Waals surface area contributed by atoms with Crippen molar-refractivity contribution in [3.63, 3.8) is 0 Å². The van der Waals surface area contributed by atoms with Crippen LogP contribution in [0.3, 0.4) is 0 Å². The molecule has 2 aromatic rings. The number of carboxylic acid groups (broad SMARTS) is 1. The lowest BCUT2D eigenvalue weighted by molar-refractivity contribution is -0.459. The van der Waals surface area contributed by atoms with E-state index in [0.717, 1.165) is 4.90 Å². The first kappa shape index (κ1) is 78.6. The summed E-state index contributed by atoms with van der Waals surface area (Å²) in [5, 5.41) is 49.4. The van der Waals surface area contributed by atoms with E-state index in [4.69, 9.17) is 22.9 Å². The molecule has 2 fully saturated rings. The molecule has 8 amide bonds. The molecular formula is C65H94N11O18S+. The maximum Gasteiger partial charge on any atom is 0.338 e. The first-order valence-corrected chi connectivity index (χ1v) is 32.6. The number of guanidine groups is 1. The Morgan fingerprint density at radius 2 is 1.13 bits per heavy atom. The van der Waals surface area contributed by atoms with Gasteiger partial charge < -0.3 is 63.0 Å². The van der Waals surface area contributed by atoms with Crippen LogP contribution >= 0.6 is 12.6 Å². The zero-order valence-electron chi connectivity index (χ0n) is 54.3. The number of aliphatic hydroxyl groups is 1. The number of aromatic hydroxyl groups is 2. The summed E-state index contributed by atoms with van der Waals surface area (Å²) < 4.78 is 0. The highest BCUT2D eigenvalue weighted by atomic mass is 32.1. The van der Waals surface area contributed by atoms with E-state index >= 15 is 0 Å². The van der Waals surface area contributed by atoms with Gasteiger partial charge in [0.15, 0.2) is 23.1 Å². The second-order valence-electron chi connectivity index (χ2n) is 25.2. The Morgan fingerprint density at radius 1 is 0.579 bits per heavy atom. The van der Waals surface area contributed by atoms with Crippen molar-refractivity contribution in [2.45, 2.75) is 173 Å². The third kappa shape index (κ3) is 25.8. The van der Waals surface area contributed by atoms with E-state index in [9.17, 15) is 87.5 Å². The molecule has 2 aliphatic heterocycles. The monoisotopic (exact) mass is 1350 g/mol. The van der Waals surface area contributed by atoms with Gasteiger partial charge in [-0.05, 0) is 99.1 Å². The zero-order valence-corrected chi connectivity index (χ0v) is 55.2. The summed E-state index contributed by atoms with van der Waals surface area (Å²) in [5.74, 6) is -16.2. The van der Waals surface area contributed by atoms with Gasteiger partial charge in [0, 0.05) is 75.1 Å². The minimum atomic E-state index is -1.77. The van der Waals surface area contributed by atoms with E-state index in [-0.39, 0.29) is 112 Å². The number of nitrogens with zero attached hydrogens (tertiary/aromatic N) is 2. The zero-order chi connectivity index (χ0) is 70.8. The maximum absolute atomic E-state index is 14.4. The van der Waals surface area contributed by atoms with Crippen LogP contribution in [0.4, 0.5) is 0 Å². The Bertz CT molecular complexity index is 3110. The Labute approximate surface area is 556 Å². The number of carbonyl (C=O) groups is 14. The smallest absolute Gasteiger partial charge is 0.338 e. The number of rotatable bonds is 42. The highest BCUT2D eigenvalue weighted by Gasteiger charge is 2.45. The van der Waals surface area contributed by atoms with Crippen LogP contribution < -0.4 is 49.2 Å². The van der Waals surface area contributed by atoms with Crippen molar-refractivity contribution >= 4 is 101 Å². The molecule has 0 saturated carbocycles. The fourth-order valence-electron chi connectivity index (χ4n) is 11.7. The Morgan fingerprint density at radius 3 is 1.68 bits per heavy atom. The molecule has 29 nitrogen and oxygen atoms in total. The predicted octanol–water partition coefficient (Wildman–Crippen LogP) is -1.95. The second-order valence-corrected chi connectivity index (χ2v) is 25.5. The number of Topliss-reactive ketones (excluding diaryl/α,β-unsaturated/α-hetero) is 5. The van der Waals surface area contributed by atoms with Gasteiger partial charge in [-0.3, -0.25) is 83.6 Å². The lowest BCUT2D eigenvalue weighted by atomic mass is 9.86. The highest BCUT2D eigenvalue weighted by molar-refractivity contribution is 7.80. The summed E-state index contributed by atoms with van der Waals surface area (Å²) in [6.45, 7) is 6.58. The van der Waals surface area contributed by atoms with E-state index in [1.165, 1.54) is 48.2 Å². The summed E-state index contributed by atoms with van der Waals surface area (Å²) in [5.41, 5.74) is 23.1. The third-order valence-corrected chi connectivity index (χ3v) is 17.4. The average Bonchev–Trinajstić information content (AvgIpc) is 1.68. The molecule has 522 valence electrons. The molecule has 30 heteroatoms. The Balaban J connectivity index is 1.42. The summed E-state index contributed by atoms with van der Waals surface area (Å²) >= 11 is 4.31. The summed E-state index contributed by atoms with van der Waals surface area (Å²) in [7, 11) is 0. The van der Waals surface area contributed by atoms with Crippen molar-refractivity contribution in [1.82, 2.24) is 31.1 Å². The predicted molar refractivity (Wildman–Crippen MR) is 346 cm³/mol. The van der Waals surface area contributed by atoms with E-state index in [0.29, 0.717) is 24.0 Å². The Hall–Kier alpha value is -8.80. The van der Waals surface area contributed by atoms with Gasteiger partial charge in [-0.2, -0.15) is 12.6 Å². The first-order valence-electron chi connectivity index (χ1n) is 32.0. The number of aliphatic carboxylic acids is 1. The molecule has 2 aromatic carbocycles.